The van der Waals surface area contributed by atoms with Crippen LogP contribution in [0.25, 0.3) is 6.08 Å². The van der Waals surface area contributed by atoms with Gasteiger partial charge in [-0.05, 0) is 49.2 Å². The second kappa shape index (κ2) is 9.75. The lowest BCUT2D eigenvalue weighted by molar-refractivity contribution is -0.121. The average molecular weight is 414 g/mol. The number of benzene rings is 2. The van der Waals surface area contributed by atoms with Gasteiger partial charge in [0.1, 0.15) is 15.8 Å². The summed E-state index contributed by atoms with van der Waals surface area (Å²) in [6, 6.07) is 15.7. The highest BCUT2D eigenvalue weighted by Gasteiger charge is 2.30. The van der Waals surface area contributed by atoms with E-state index in [0.717, 1.165) is 29.0 Å². The maximum atomic E-state index is 12.3. The zero-order valence-corrected chi connectivity index (χ0v) is 17.6. The van der Waals surface area contributed by atoms with E-state index in [4.69, 9.17) is 21.7 Å². The number of nitrogens with zero attached hydrogens (tertiary/aromatic N) is 1. The van der Waals surface area contributed by atoms with Crippen molar-refractivity contribution >= 4 is 40.3 Å². The van der Waals surface area contributed by atoms with Crippen molar-refractivity contribution in [2.24, 2.45) is 0 Å². The number of ether oxygens (including phenoxy) is 2. The van der Waals surface area contributed by atoms with Crippen molar-refractivity contribution in [1.29, 1.82) is 0 Å². The fourth-order valence-electron chi connectivity index (χ4n) is 2.73. The van der Waals surface area contributed by atoms with E-state index in [1.807, 2.05) is 68.5 Å². The number of aryl methyl sites for hydroxylation is 1. The van der Waals surface area contributed by atoms with Gasteiger partial charge in [0, 0.05) is 13.0 Å². The van der Waals surface area contributed by atoms with Gasteiger partial charge in [-0.3, -0.25) is 9.69 Å². The highest BCUT2D eigenvalue weighted by atomic mass is 32.2. The molecule has 28 heavy (non-hydrogen) atoms. The number of likely N-dealkylation sites (N-methyl/N-ethyl adjacent to an activating group) is 1. The van der Waals surface area contributed by atoms with Gasteiger partial charge in [0.2, 0.25) is 0 Å². The Labute approximate surface area is 175 Å². The van der Waals surface area contributed by atoms with Crippen LogP contribution in [0.4, 0.5) is 0 Å². The van der Waals surface area contributed by atoms with Crippen LogP contribution in [0.15, 0.2) is 53.4 Å². The molecular formula is C22H23NO3S2. The Bertz CT molecular complexity index is 878. The van der Waals surface area contributed by atoms with Crippen LogP contribution in [0.5, 0.6) is 11.5 Å². The summed E-state index contributed by atoms with van der Waals surface area (Å²) in [5.41, 5.74) is 2.08. The molecule has 1 saturated heterocycles. The van der Waals surface area contributed by atoms with Crippen LogP contribution >= 0.6 is 24.0 Å². The van der Waals surface area contributed by atoms with Gasteiger partial charge in [-0.25, -0.2) is 0 Å². The lowest BCUT2D eigenvalue weighted by atomic mass is 10.2. The standard InChI is InChI=1S/C22H23NO3S2/c1-3-23-21(24)20(28-22(23)27)15-17-9-11-18(12-10-17)25-13-6-14-26-19-8-5-4-7-16(19)2/h4-5,7-12,15H,3,6,13-14H2,1-2H3. The molecule has 0 saturated carbocycles. The van der Waals surface area contributed by atoms with E-state index in [2.05, 4.69) is 0 Å². The third-order valence-electron chi connectivity index (χ3n) is 4.28. The largest absolute Gasteiger partial charge is 0.493 e. The van der Waals surface area contributed by atoms with Gasteiger partial charge < -0.3 is 9.47 Å². The summed E-state index contributed by atoms with van der Waals surface area (Å²) >= 11 is 6.58. The molecule has 4 nitrogen and oxygen atoms in total. The van der Waals surface area contributed by atoms with Crippen molar-refractivity contribution in [2.75, 3.05) is 19.8 Å². The normalized spacial score (nSPS) is 15.4. The highest BCUT2D eigenvalue weighted by Crippen LogP contribution is 2.32. The zero-order chi connectivity index (χ0) is 19.9. The van der Waals surface area contributed by atoms with Gasteiger partial charge in [-0.1, -0.05) is 54.3 Å². The van der Waals surface area contributed by atoms with Gasteiger partial charge >= 0.3 is 0 Å². The summed E-state index contributed by atoms with van der Waals surface area (Å²) in [7, 11) is 0. The molecule has 0 unspecified atom stereocenters. The summed E-state index contributed by atoms with van der Waals surface area (Å²) in [5.74, 6) is 1.70. The molecule has 1 aliphatic rings. The van der Waals surface area contributed by atoms with Gasteiger partial charge in [0.25, 0.3) is 5.91 Å². The smallest absolute Gasteiger partial charge is 0.266 e. The monoisotopic (exact) mass is 413 g/mol. The molecule has 0 radical (unpaired) electrons. The van der Waals surface area contributed by atoms with Gasteiger partial charge in [-0.15, -0.1) is 0 Å². The fraction of sp³-hybridized carbons (Fsp3) is 0.273. The molecule has 1 amide bonds. The molecule has 6 heteroatoms. The van der Waals surface area contributed by atoms with Crippen LogP contribution in [0.1, 0.15) is 24.5 Å². The Balaban J connectivity index is 1.46. The van der Waals surface area contributed by atoms with Crippen LogP contribution in [0, 0.1) is 6.92 Å². The molecule has 0 atom stereocenters. The third kappa shape index (κ3) is 5.14. The van der Waals surface area contributed by atoms with E-state index in [1.54, 1.807) is 4.90 Å². The van der Waals surface area contributed by atoms with Gasteiger partial charge in [0.05, 0.1) is 18.1 Å². The first-order valence-electron chi connectivity index (χ1n) is 9.25. The molecule has 0 aromatic heterocycles. The summed E-state index contributed by atoms with van der Waals surface area (Å²) in [6.07, 6.45) is 2.67. The second-order valence-corrected chi connectivity index (χ2v) is 7.99. The molecular weight excluding hydrogens is 390 g/mol. The first-order valence-corrected chi connectivity index (χ1v) is 10.5. The summed E-state index contributed by atoms with van der Waals surface area (Å²) < 4.78 is 12.2. The summed E-state index contributed by atoms with van der Waals surface area (Å²) in [4.78, 5) is 14.5. The summed E-state index contributed by atoms with van der Waals surface area (Å²) in [6.45, 7) is 5.75. The van der Waals surface area contributed by atoms with Crippen LogP contribution in [0.3, 0.4) is 0 Å². The minimum atomic E-state index is -0.0218. The Morgan fingerprint density at radius 2 is 1.79 bits per heavy atom. The Morgan fingerprint density at radius 3 is 2.46 bits per heavy atom. The number of para-hydroxylation sites is 1. The van der Waals surface area contributed by atoms with E-state index in [9.17, 15) is 4.79 Å². The van der Waals surface area contributed by atoms with Crippen LogP contribution in [-0.4, -0.2) is 34.9 Å². The maximum absolute atomic E-state index is 12.3. The number of thioether (sulfide) groups is 1. The van der Waals surface area contributed by atoms with E-state index >= 15 is 0 Å². The minimum Gasteiger partial charge on any atom is -0.493 e. The molecule has 3 rings (SSSR count). The highest BCUT2D eigenvalue weighted by molar-refractivity contribution is 8.26. The Hall–Kier alpha value is -2.31. The van der Waals surface area contributed by atoms with Crippen molar-refractivity contribution in [3.8, 4) is 11.5 Å². The lowest BCUT2D eigenvalue weighted by Gasteiger charge is -2.10. The van der Waals surface area contributed by atoms with Gasteiger partial charge in [-0.2, -0.15) is 0 Å². The van der Waals surface area contributed by atoms with Crippen LogP contribution in [0.2, 0.25) is 0 Å². The number of amides is 1. The van der Waals surface area contributed by atoms with Crippen molar-refractivity contribution in [1.82, 2.24) is 4.90 Å². The molecule has 2 aromatic carbocycles. The third-order valence-corrected chi connectivity index (χ3v) is 5.65. The number of hydrogen-bond donors (Lipinski definition) is 0. The van der Waals surface area contributed by atoms with Crippen molar-refractivity contribution in [2.45, 2.75) is 20.3 Å². The minimum absolute atomic E-state index is 0.0218. The molecule has 0 bridgehead atoms. The van der Waals surface area contributed by atoms with Gasteiger partial charge in [0.15, 0.2) is 0 Å². The zero-order valence-electron chi connectivity index (χ0n) is 16.0. The SMILES string of the molecule is CCN1C(=O)C(=Cc2ccc(OCCCOc3ccccc3C)cc2)SC1=S. The molecule has 146 valence electrons. The predicted octanol–water partition coefficient (Wildman–Crippen LogP) is 5.06. The van der Waals surface area contributed by atoms with Crippen molar-refractivity contribution < 1.29 is 14.3 Å². The van der Waals surface area contributed by atoms with E-state index in [-0.39, 0.29) is 5.91 Å². The predicted molar refractivity (Wildman–Crippen MR) is 119 cm³/mol. The number of hydrogen-bond acceptors (Lipinski definition) is 5. The number of carbonyl (C=O) groups is 1. The van der Waals surface area contributed by atoms with Crippen LogP contribution < -0.4 is 9.47 Å². The average Bonchev–Trinajstić information content (AvgIpc) is 2.96. The molecule has 1 aliphatic heterocycles. The lowest BCUT2D eigenvalue weighted by Crippen LogP contribution is -2.27. The molecule has 0 N–H and O–H groups in total. The van der Waals surface area contributed by atoms with Crippen LogP contribution in [-0.2, 0) is 4.79 Å². The second-order valence-electron chi connectivity index (χ2n) is 6.31. The Morgan fingerprint density at radius 1 is 1.07 bits per heavy atom. The molecule has 2 aromatic rings. The molecule has 0 aliphatic carbocycles. The number of carbonyl (C=O) groups excluding carboxylic acids is 1. The van der Waals surface area contributed by atoms with E-state index < -0.39 is 0 Å². The number of rotatable bonds is 8. The van der Waals surface area contributed by atoms with Crippen molar-refractivity contribution in [3.05, 3.63) is 64.6 Å². The first-order chi connectivity index (χ1) is 13.6. The van der Waals surface area contributed by atoms with E-state index in [0.29, 0.717) is 29.0 Å². The molecule has 1 heterocycles. The van der Waals surface area contributed by atoms with Crippen molar-refractivity contribution in [3.63, 3.8) is 0 Å². The molecule has 1 fully saturated rings. The topological polar surface area (TPSA) is 38.8 Å². The Kier molecular flexibility index (Phi) is 7.12. The molecule has 0 spiro atoms. The number of thiocarbonyl (C=S) groups is 1. The fourth-order valence-corrected chi connectivity index (χ4v) is 4.12. The summed E-state index contributed by atoms with van der Waals surface area (Å²) in [5, 5.41) is 0. The van der Waals surface area contributed by atoms with E-state index in [1.165, 1.54) is 11.8 Å². The quantitative estimate of drug-likeness (QED) is 0.343. The maximum Gasteiger partial charge on any atom is 0.266 e. The first kappa shape index (κ1) is 20.4.